The number of amides is 1. The van der Waals surface area contributed by atoms with E-state index in [0.29, 0.717) is 12.1 Å². The molecule has 0 aromatic heterocycles. The maximum absolute atomic E-state index is 13.1. The first-order valence-electron chi connectivity index (χ1n) is 11.5. The predicted octanol–water partition coefficient (Wildman–Crippen LogP) is 4.72. The molecule has 0 aliphatic carbocycles. The van der Waals surface area contributed by atoms with Crippen molar-refractivity contribution in [3.8, 4) is 0 Å². The molecule has 1 atom stereocenters. The lowest BCUT2D eigenvalue weighted by Gasteiger charge is -2.45. The van der Waals surface area contributed by atoms with E-state index < -0.39 is 0 Å². The molecule has 31 heavy (non-hydrogen) atoms. The zero-order valence-electron chi connectivity index (χ0n) is 19.0. The standard InChI is InChI=1S/C26H34IN3O/c1-19-5-4-6-20(2)25(19)26(31)28-13-11-24(12-14-28)30-16-15-29(21(3)17-30)18-22-7-9-23(27)10-8-22/h4-10,21,24H,11-18H2,1-3H3/t21-/m0/s1. The second-order valence-corrected chi connectivity index (χ2v) is 10.5. The number of hydrogen-bond acceptors (Lipinski definition) is 3. The molecule has 0 radical (unpaired) electrons. The van der Waals surface area contributed by atoms with Crippen LogP contribution in [0.25, 0.3) is 0 Å². The van der Waals surface area contributed by atoms with Crippen molar-refractivity contribution in [3.05, 3.63) is 68.3 Å². The number of nitrogens with zero attached hydrogens (tertiary/aromatic N) is 3. The first kappa shape index (κ1) is 22.7. The van der Waals surface area contributed by atoms with Gasteiger partial charge in [-0.3, -0.25) is 14.6 Å². The molecule has 5 heteroatoms. The van der Waals surface area contributed by atoms with E-state index in [1.54, 1.807) is 0 Å². The Morgan fingerprint density at radius 2 is 1.61 bits per heavy atom. The van der Waals surface area contributed by atoms with Crippen LogP contribution in [0.5, 0.6) is 0 Å². The lowest BCUT2D eigenvalue weighted by atomic mass is 9.97. The average molecular weight is 531 g/mol. The Morgan fingerprint density at radius 1 is 0.968 bits per heavy atom. The van der Waals surface area contributed by atoms with Crippen LogP contribution in [0.4, 0.5) is 0 Å². The summed E-state index contributed by atoms with van der Waals surface area (Å²) >= 11 is 2.37. The molecule has 4 nitrogen and oxygen atoms in total. The number of piperidine rings is 1. The van der Waals surface area contributed by atoms with E-state index in [4.69, 9.17) is 0 Å². The van der Waals surface area contributed by atoms with E-state index in [9.17, 15) is 4.79 Å². The Labute approximate surface area is 200 Å². The average Bonchev–Trinajstić information content (AvgIpc) is 2.76. The second kappa shape index (κ2) is 10.0. The largest absolute Gasteiger partial charge is 0.339 e. The lowest BCUT2D eigenvalue weighted by molar-refractivity contribution is 0.0259. The highest BCUT2D eigenvalue weighted by atomic mass is 127. The molecule has 2 saturated heterocycles. The highest BCUT2D eigenvalue weighted by Gasteiger charge is 2.32. The number of carbonyl (C=O) groups is 1. The van der Waals surface area contributed by atoms with Gasteiger partial charge in [-0.15, -0.1) is 0 Å². The van der Waals surface area contributed by atoms with Crippen molar-refractivity contribution in [2.75, 3.05) is 32.7 Å². The quantitative estimate of drug-likeness (QED) is 0.535. The van der Waals surface area contributed by atoms with Crippen molar-refractivity contribution >= 4 is 28.5 Å². The van der Waals surface area contributed by atoms with Crippen LogP contribution in [0, 0.1) is 17.4 Å². The van der Waals surface area contributed by atoms with Crippen LogP contribution in [0.3, 0.4) is 0 Å². The van der Waals surface area contributed by atoms with Crippen molar-refractivity contribution in [3.63, 3.8) is 0 Å². The minimum absolute atomic E-state index is 0.213. The van der Waals surface area contributed by atoms with Gasteiger partial charge < -0.3 is 4.90 Å². The first-order valence-corrected chi connectivity index (χ1v) is 12.6. The monoisotopic (exact) mass is 531 g/mol. The van der Waals surface area contributed by atoms with Gasteiger partial charge in [-0.1, -0.05) is 30.3 Å². The van der Waals surface area contributed by atoms with Gasteiger partial charge in [-0.25, -0.2) is 0 Å². The van der Waals surface area contributed by atoms with E-state index in [1.807, 2.05) is 32.0 Å². The van der Waals surface area contributed by atoms with Crippen LogP contribution in [0.2, 0.25) is 0 Å². The Balaban J connectivity index is 1.30. The minimum Gasteiger partial charge on any atom is -0.339 e. The normalized spacial score (nSPS) is 21.4. The summed E-state index contributed by atoms with van der Waals surface area (Å²) in [6.45, 7) is 12.6. The van der Waals surface area contributed by atoms with E-state index >= 15 is 0 Å². The Kier molecular flexibility index (Phi) is 7.34. The summed E-state index contributed by atoms with van der Waals surface area (Å²) < 4.78 is 1.29. The summed E-state index contributed by atoms with van der Waals surface area (Å²) in [7, 11) is 0. The fraction of sp³-hybridized carbons (Fsp3) is 0.500. The Morgan fingerprint density at radius 3 is 2.23 bits per heavy atom. The van der Waals surface area contributed by atoms with Crippen molar-refractivity contribution in [2.45, 2.75) is 52.2 Å². The molecule has 0 unspecified atom stereocenters. The van der Waals surface area contributed by atoms with Gasteiger partial charge in [0.15, 0.2) is 0 Å². The van der Waals surface area contributed by atoms with Crippen LogP contribution < -0.4 is 0 Å². The molecule has 2 aromatic rings. The van der Waals surface area contributed by atoms with Gasteiger partial charge in [0.05, 0.1) is 0 Å². The van der Waals surface area contributed by atoms with Crippen molar-refractivity contribution < 1.29 is 4.79 Å². The van der Waals surface area contributed by atoms with Crippen LogP contribution in [0.1, 0.15) is 46.8 Å². The van der Waals surface area contributed by atoms with Gasteiger partial charge in [0.25, 0.3) is 5.91 Å². The number of likely N-dealkylation sites (tertiary alicyclic amines) is 1. The number of hydrogen-bond donors (Lipinski definition) is 0. The smallest absolute Gasteiger partial charge is 0.254 e. The summed E-state index contributed by atoms with van der Waals surface area (Å²) in [5, 5.41) is 0. The molecule has 0 spiro atoms. The molecule has 2 fully saturated rings. The molecule has 2 aliphatic heterocycles. The maximum Gasteiger partial charge on any atom is 0.254 e. The maximum atomic E-state index is 13.1. The Bertz CT molecular complexity index is 885. The van der Waals surface area contributed by atoms with Crippen molar-refractivity contribution in [1.29, 1.82) is 0 Å². The van der Waals surface area contributed by atoms with Crippen LogP contribution in [-0.4, -0.2) is 65.4 Å². The van der Waals surface area contributed by atoms with Gasteiger partial charge in [0.1, 0.15) is 0 Å². The molecule has 0 N–H and O–H groups in total. The van der Waals surface area contributed by atoms with Crippen molar-refractivity contribution in [1.82, 2.24) is 14.7 Å². The second-order valence-electron chi connectivity index (χ2n) is 9.23. The molecule has 1 amide bonds. The van der Waals surface area contributed by atoms with Crippen LogP contribution in [0.15, 0.2) is 42.5 Å². The molecular formula is C26H34IN3O. The summed E-state index contributed by atoms with van der Waals surface area (Å²) in [6, 6.07) is 16.2. The van der Waals surface area contributed by atoms with Gasteiger partial charge >= 0.3 is 0 Å². The van der Waals surface area contributed by atoms with E-state index in [2.05, 4.69) is 68.5 Å². The van der Waals surface area contributed by atoms with Gasteiger partial charge in [-0.05, 0) is 85.0 Å². The van der Waals surface area contributed by atoms with E-state index in [-0.39, 0.29) is 5.91 Å². The fourth-order valence-electron chi connectivity index (χ4n) is 5.16. The van der Waals surface area contributed by atoms with Gasteiger partial charge in [0.2, 0.25) is 0 Å². The summed E-state index contributed by atoms with van der Waals surface area (Å²) in [5.74, 6) is 0.213. The van der Waals surface area contributed by atoms with Crippen molar-refractivity contribution in [2.24, 2.45) is 0 Å². The zero-order chi connectivity index (χ0) is 22.0. The molecule has 166 valence electrons. The van der Waals surface area contributed by atoms with E-state index in [1.165, 1.54) is 9.13 Å². The SMILES string of the molecule is Cc1cccc(C)c1C(=O)N1CCC(N2CCN(Cc3ccc(I)cc3)[C@@H](C)C2)CC1. The molecule has 2 aliphatic rings. The predicted molar refractivity (Wildman–Crippen MR) is 135 cm³/mol. The summed E-state index contributed by atoms with van der Waals surface area (Å²) in [5.41, 5.74) is 4.48. The highest BCUT2D eigenvalue weighted by molar-refractivity contribution is 14.1. The number of benzene rings is 2. The molecular weight excluding hydrogens is 497 g/mol. The molecule has 0 saturated carbocycles. The third-order valence-electron chi connectivity index (χ3n) is 7.06. The fourth-order valence-corrected chi connectivity index (χ4v) is 5.52. The topological polar surface area (TPSA) is 26.8 Å². The first-order chi connectivity index (χ1) is 14.9. The number of piperazine rings is 1. The number of aryl methyl sites for hydroxylation is 2. The van der Waals surface area contributed by atoms with Gasteiger partial charge in [0, 0.05) is 60.5 Å². The minimum atomic E-state index is 0.213. The van der Waals surface area contributed by atoms with Crippen LogP contribution >= 0.6 is 22.6 Å². The highest BCUT2D eigenvalue weighted by Crippen LogP contribution is 2.24. The number of halogens is 1. The third-order valence-corrected chi connectivity index (χ3v) is 7.78. The number of carbonyl (C=O) groups excluding carboxylic acids is 1. The Hall–Kier alpha value is -1.44. The lowest BCUT2D eigenvalue weighted by Crippen LogP contribution is -2.56. The number of rotatable bonds is 4. The van der Waals surface area contributed by atoms with Crippen LogP contribution in [-0.2, 0) is 6.54 Å². The van der Waals surface area contributed by atoms with Gasteiger partial charge in [-0.2, -0.15) is 0 Å². The molecule has 4 rings (SSSR count). The molecule has 0 bridgehead atoms. The zero-order valence-corrected chi connectivity index (χ0v) is 21.1. The van der Waals surface area contributed by atoms with E-state index in [0.717, 1.165) is 68.8 Å². The summed E-state index contributed by atoms with van der Waals surface area (Å²) in [6.07, 6.45) is 2.17. The third kappa shape index (κ3) is 5.32. The summed E-state index contributed by atoms with van der Waals surface area (Å²) in [4.78, 5) is 20.5. The molecule has 2 aromatic carbocycles. The molecule has 2 heterocycles.